The first-order chi connectivity index (χ1) is 8.17. The molecule has 4 nitrogen and oxygen atoms in total. The Labute approximate surface area is 104 Å². The number of fused-ring (bicyclic) bond motifs is 1. The van der Waals surface area contributed by atoms with Crippen molar-refractivity contribution in [2.45, 2.75) is 25.4 Å². The van der Waals surface area contributed by atoms with Gasteiger partial charge in [-0.15, -0.1) is 11.3 Å². The molecule has 0 radical (unpaired) electrons. The minimum atomic E-state index is -0.602. The topological polar surface area (TPSA) is 49.6 Å². The number of nitrogens with one attached hydrogen (secondary N) is 1. The first-order valence-electron chi connectivity index (χ1n) is 6.01. The summed E-state index contributed by atoms with van der Waals surface area (Å²) in [4.78, 5) is 5.55. The largest absolute Gasteiger partial charge is 0.389 e. The van der Waals surface area contributed by atoms with Crippen LogP contribution in [0.15, 0.2) is 17.8 Å². The maximum atomic E-state index is 10.7. The molecule has 1 aliphatic rings. The van der Waals surface area contributed by atoms with Crippen LogP contribution in [0.4, 0.5) is 0 Å². The van der Waals surface area contributed by atoms with Crippen LogP contribution in [-0.4, -0.2) is 33.2 Å². The van der Waals surface area contributed by atoms with Crippen molar-refractivity contribution < 1.29 is 5.11 Å². The summed E-state index contributed by atoms with van der Waals surface area (Å²) in [6, 6.07) is 0. The Kier molecular flexibility index (Phi) is 2.69. The molecule has 3 rings (SSSR count). The van der Waals surface area contributed by atoms with E-state index in [2.05, 4.69) is 17.2 Å². The van der Waals surface area contributed by atoms with Gasteiger partial charge < -0.3 is 10.4 Å². The number of hydrogen-bond acceptors (Lipinski definition) is 4. The molecule has 0 amide bonds. The van der Waals surface area contributed by atoms with Gasteiger partial charge in [0.1, 0.15) is 0 Å². The number of imidazole rings is 1. The number of thiazole rings is 1. The molecular weight excluding hydrogens is 234 g/mol. The number of aliphatic hydroxyl groups is 1. The van der Waals surface area contributed by atoms with Gasteiger partial charge in [0.2, 0.25) is 0 Å². The van der Waals surface area contributed by atoms with Gasteiger partial charge in [0.25, 0.3) is 0 Å². The Balaban J connectivity index is 1.83. The van der Waals surface area contributed by atoms with Gasteiger partial charge in [-0.25, -0.2) is 4.98 Å². The molecule has 1 fully saturated rings. The summed E-state index contributed by atoms with van der Waals surface area (Å²) in [6.07, 6.45) is 5.49. The van der Waals surface area contributed by atoms with Crippen LogP contribution in [0.1, 0.15) is 19.0 Å². The zero-order valence-corrected chi connectivity index (χ0v) is 10.7. The van der Waals surface area contributed by atoms with Gasteiger partial charge in [0, 0.05) is 30.7 Å². The van der Waals surface area contributed by atoms with Crippen LogP contribution in [-0.2, 0) is 6.42 Å². The van der Waals surface area contributed by atoms with Crippen LogP contribution >= 0.6 is 11.3 Å². The van der Waals surface area contributed by atoms with Gasteiger partial charge in [-0.1, -0.05) is 6.92 Å². The summed E-state index contributed by atoms with van der Waals surface area (Å²) in [5, 5.41) is 16.0. The Morgan fingerprint density at radius 2 is 2.59 bits per heavy atom. The molecule has 1 saturated heterocycles. The molecule has 2 aromatic heterocycles. The Morgan fingerprint density at radius 1 is 1.71 bits per heavy atom. The summed E-state index contributed by atoms with van der Waals surface area (Å²) < 4.78 is 2.02. The van der Waals surface area contributed by atoms with Crippen molar-refractivity contribution in [1.82, 2.24) is 14.7 Å². The fourth-order valence-electron chi connectivity index (χ4n) is 2.50. The third-order valence-corrected chi connectivity index (χ3v) is 4.50. The lowest BCUT2D eigenvalue weighted by molar-refractivity contribution is -0.0336. The van der Waals surface area contributed by atoms with Gasteiger partial charge in [0.05, 0.1) is 11.3 Å². The molecule has 5 heteroatoms. The lowest BCUT2D eigenvalue weighted by Crippen LogP contribution is -2.50. The second kappa shape index (κ2) is 4.08. The van der Waals surface area contributed by atoms with E-state index in [9.17, 15) is 5.11 Å². The van der Waals surface area contributed by atoms with Crippen LogP contribution in [0.5, 0.6) is 0 Å². The Bertz CT molecular complexity index is 492. The normalized spacial score (nSPS) is 29.9. The molecule has 2 atom stereocenters. The minimum Gasteiger partial charge on any atom is -0.389 e. The monoisotopic (exact) mass is 251 g/mol. The molecule has 0 spiro atoms. The van der Waals surface area contributed by atoms with Crippen LogP contribution < -0.4 is 5.32 Å². The minimum absolute atomic E-state index is 0.274. The maximum absolute atomic E-state index is 10.7. The summed E-state index contributed by atoms with van der Waals surface area (Å²) in [5.74, 6) is 0.274. The first-order valence-corrected chi connectivity index (χ1v) is 6.89. The number of hydrogen-bond donors (Lipinski definition) is 2. The van der Waals surface area contributed by atoms with Crippen molar-refractivity contribution in [3.63, 3.8) is 0 Å². The molecule has 92 valence electrons. The van der Waals surface area contributed by atoms with Crippen molar-refractivity contribution in [3.05, 3.63) is 23.5 Å². The fourth-order valence-corrected chi connectivity index (χ4v) is 3.22. The highest BCUT2D eigenvalue weighted by Crippen LogP contribution is 2.28. The molecule has 1 aliphatic heterocycles. The number of aromatic nitrogens is 2. The van der Waals surface area contributed by atoms with Crippen LogP contribution in [0.3, 0.4) is 0 Å². The molecular formula is C12H17N3OS. The van der Waals surface area contributed by atoms with E-state index in [0.29, 0.717) is 6.42 Å². The van der Waals surface area contributed by atoms with Crippen molar-refractivity contribution in [1.29, 1.82) is 0 Å². The summed E-state index contributed by atoms with van der Waals surface area (Å²) in [5.41, 5.74) is 0.392. The van der Waals surface area contributed by atoms with E-state index in [-0.39, 0.29) is 5.92 Å². The smallest absolute Gasteiger partial charge is 0.193 e. The van der Waals surface area contributed by atoms with E-state index < -0.39 is 5.60 Å². The van der Waals surface area contributed by atoms with Gasteiger partial charge in [-0.2, -0.15) is 0 Å². The van der Waals surface area contributed by atoms with Gasteiger partial charge in [-0.05, 0) is 18.9 Å². The zero-order valence-electron chi connectivity index (χ0n) is 9.89. The van der Waals surface area contributed by atoms with E-state index in [1.807, 2.05) is 22.2 Å². The molecule has 2 unspecified atom stereocenters. The third-order valence-electron chi connectivity index (χ3n) is 3.73. The van der Waals surface area contributed by atoms with Gasteiger partial charge in [-0.3, -0.25) is 4.40 Å². The van der Waals surface area contributed by atoms with E-state index in [0.717, 1.165) is 30.2 Å². The van der Waals surface area contributed by atoms with Crippen LogP contribution in [0, 0.1) is 5.92 Å². The molecule has 0 aromatic carbocycles. The highest BCUT2D eigenvalue weighted by atomic mass is 32.1. The Morgan fingerprint density at radius 3 is 3.35 bits per heavy atom. The van der Waals surface area contributed by atoms with Gasteiger partial charge in [0.15, 0.2) is 4.96 Å². The van der Waals surface area contributed by atoms with E-state index in [1.165, 1.54) is 0 Å². The molecule has 2 N–H and O–H groups in total. The first kappa shape index (κ1) is 11.2. The quantitative estimate of drug-likeness (QED) is 0.846. The number of nitrogens with zero attached hydrogens (tertiary/aromatic N) is 2. The molecule has 2 aromatic rings. The third kappa shape index (κ3) is 1.99. The highest BCUT2D eigenvalue weighted by molar-refractivity contribution is 7.15. The van der Waals surface area contributed by atoms with Crippen LogP contribution in [0.2, 0.25) is 0 Å². The Hall–Kier alpha value is -0.910. The van der Waals surface area contributed by atoms with E-state index in [1.54, 1.807) is 11.3 Å². The van der Waals surface area contributed by atoms with Crippen LogP contribution in [0.25, 0.3) is 4.96 Å². The fraction of sp³-hybridized carbons (Fsp3) is 0.583. The SMILES string of the molecule is CC1CNCCC1(O)Cc1cn2ccsc2n1. The maximum Gasteiger partial charge on any atom is 0.193 e. The second-order valence-electron chi connectivity index (χ2n) is 4.96. The lowest BCUT2D eigenvalue weighted by Gasteiger charge is -2.38. The molecule has 0 saturated carbocycles. The molecule has 0 aliphatic carbocycles. The van der Waals surface area contributed by atoms with Gasteiger partial charge >= 0.3 is 0 Å². The number of piperidine rings is 1. The average molecular weight is 251 g/mol. The van der Waals surface area contributed by atoms with Crippen molar-refractivity contribution in [2.24, 2.45) is 5.92 Å². The van der Waals surface area contributed by atoms with Crippen molar-refractivity contribution >= 4 is 16.3 Å². The molecule has 3 heterocycles. The molecule has 17 heavy (non-hydrogen) atoms. The standard InChI is InChI=1S/C12H17N3OS/c1-9-7-13-3-2-12(9,16)6-10-8-15-4-5-17-11(15)14-10/h4-5,8-9,13,16H,2-3,6-7H2,1H3. The van der Waals surface area contributed by atoms with Crippen molar-refractivity contribution in [3.8, 4) is 0 Å². The summed E-state index contributed by atoms with van der Waals surface area (Å²) >= 11 is 1.63. The molecule has 0 bridgehead atoms. The van der Waals surface area contributed by atoms with E-state index in [4.69, 9.17) is 0 Å². The lowest BCUT2D eigenvalue weighted by atomic mass is 9.80. The summed E-state index contributed by atoms with van der Waals surface area (Å²) in [7, 11) is 0. The predicted octanol–water partition coefficient (Wildman–Crippen LogP) is 1.30. The summed E-state index contributed by atoms with van der Waals surface area (Å²) in [6.45, 7) is 3.88. The predicted molar refractivity (Wildman–Crippen MR) is 68.4 cm³/mol. The average Bonchev–Trinajstić information content (AvgIpc) is 2.83. The zero-order chi connectivity index (χ0) is 11.9. The second-order valence-corrected chi connectivity index (χ2v) is 5.83. The number of rotatable bonds is 2. The highest BCUT2D eigenvalue weighted by Gasteiger charge is 2.36. The van der Waals surface area contributed by atoms with E-state index >= 15 is 0 Å². The van der Waals surface area contributed by atoms with Crippen molar-refractivity contribution in [2.75, 3.05) is 13.1 Å².